The normalized spacial score (nSPS) is 13.7. The van der Waals surface area contributed by atoms with Gasteiger partial charge in [0.2, 0.25) is 0 Å². The van der Waals surface area contributed by atoms with Gasteiger partial charge in [-0.3, -0.25) is 4.79 Å². The Morgan fingerprint density at radius 2 is 1.83 bits per heavy atom. The molecular formula is C19H20N2O2. The first-order chi connectivity index (χ1) is 11.2. The lowest BCUT2D eigenvalue weighted by molar-refractivity contribution is -0.145. The Bertz CT molecular complexity index is 795. The topological polar surface area (TPSA) is 68.1 Å². The molecule has 0 aliphatic heterocycles. The molecule has 1 aromatic heterocycles. The van der Waals surface area contributed by atoms with E-state index in [0.29, 0.717) is 6.61 Å². The molecule has 1 heterocycles. The highest BCUT2D eigenvalue weighted by Crippen LogP contribution is 2.33. The van der Waals surface area contributed by atoms with Crippen LogP contribution in [-0.2, 0) is 9.53 Å². The maximum Gasteiger partial charge on any atom is 0.323 e. The van der Waals surface area contributed by atoms with Crippen LogP contribution in [0.25, 0.3) is 10.9 Å². The van der Waals surface area contributed by atoms with Gasteiger partial charge in [0.05, 0.1) is 6.61 Å². The van der Waals surface area contributed by atoms with E-state index in [1.54, 1.807) is 6.92 Å². The van der Waals surface area contributed by atoms with E-state index in [2.05, 4.69) is 4.98 Å². The van der Waals surface area contributed by atoms with Crippen molar-refractivity contribution in [3.8, 4) is 0 Å². The van der Waals surface area contributed by atoms with Crippen LogP contribution in [0.4, 0.5) is 0 Å². The minimum Gasteiger partial charge on any atom is -0.465 e. The first-order valence-corrected chi connectivity index (χ1v) is 7.75. The zero-order chi connectivity index (χ0) is 16.2. The van der Waals surface area contributed by atoms with Gasteiger partial charge < -0.3 is 15.5 Å². The van der Waals surface area contributed by atoms with Crippen molar-refractivity contribution in [1.29, 1.82) is 0 Å². The van der Waals surface area contributed by atoms with Crippen LogP contribution < -0.4 is 5.73 Å². The van der Waals surface area contributed by atoms with Gasteiger partial charge in [-0.05, 0) is 24.1 Å². The van der Waals surface area contributed by atoms with Crippen LogP contribution in [0.15, 0.2) is 60.8 Å². The Morgan fingerprint density at radius 1 is 1.13 bits per heavy atom. The number of fused-ring (bicyclic) bond motifs is 1. The molecule has 0 amide bonds. The zero-order valence-electron chi connectivity index (χ0n) is 13.0. The standard InChI is InChI=1S/C19H20N2O2/c1-2-23-19(22)18(20)17(13-8-4-3-5-9-13)15-12-21-16-11-7-6-10-14(15)16/h3-12,17-18,21H,2,20H2,1H3/t17-,18?/m1/s1. The summed E-state index contributed by atoms with van der Waals surface area (Å²) in [4.78, 5) is 15.5. The number of carbonyl (C=O) groups is 1. The highest BCUT2D eigenvalue weighted by atomic mass is 16.5. The summed E-state index contributed by atoms with van der Waals surface area (Å²) in [5, 5.41) is 1.07. The first-order valence-electron chi connectivity index (χ1n) is 7.75. The zero-order valence-corrected chi connectivity index (χ0v) is 13.0. The van der Waals surface area contributed by atoms with Crippen LogP contribution in [0.3, 0.4) is 0 Å². The van der Waals surface area contributed by atoms with Gasteiger partial charge in [-0.1, -0.05) is 48.5 Å². The van der Waals surface area contributed by atoms with Crippen molar-refractivity contribution in [1.82, 2.24) is 4.98 Å². The van der Waals surface area contributed by atoms with Gasteiger partial charge in [-0.25, -0.2) is 0 Å². The molecule has 0 radical (unpaired) electrons. The van der Waals surface area contributed by atoms with Gasteiger partial charge >= 0.3 is 5.97 Å². The predicted octanol–water partition coefficient (Wildman–Crippen LogP) is 3.19. The Balaban J connectivity index is 2.10. The number of H-pyrrole nitrogens is 1. The van der Waals surface area contributed by atoms with E-state index in [0.717, 1.165) is 22.0 Å². The molecule has 3 aromatic rings. The fourth-order valence-electron chi connectivity index (χ4n) is 2.97. The summed E-state index contributed by atoms with van der Waals surface area (Å²) in [5.41, 5.74) is 9.31. The molecule has 118 valence electrons. The van der Waals surface area contributed by atoms with Crippen LogP contribution in [0.2, 0.25) is 0 Å². The Hall–Kier alpha value is -2.59. The fourth-order valence-corrected chi connectivity index (χ4v) is 2.97. The quantitative estimate of drug-likeness (QED) is 0.711. The number of nitrogens with one attached hydrogen (secondary N) is 1. The third kappa shape index (κ3) is 2.98. The molecular weight excluding hydrogens is 288 g/mol. The Labute approximate surface area is 135 Å². The van der Waals surface area contributed by atoms with Crippen molar-refractivity contribution in [2.24, 2.45) is 5.73 Å². The second kappa shape index (κ2) is 6.67. The van der Waals surface area contributed by atoms with Crippen LogP contribution >= 0.6 is 0 Å². The number of para-hydroxylation sites is 1. The highest BCUT2D eigenvalue weighted by molar-refractivity contribution is 5.86. The molecule has 0 aliphatic rings. The smallest absolute Gasteiger partial charge is 0.323 e. The number of nitrogens with two attached hydrogens (primary N) is 1. The van der Waals surface area contributed by atoms with E-state index in [-0.39, 0.29) is 11.9 Å². The molecule has 0 saturated heterocycles. The number of hydrogen-bond acceptors (Lipinski definition) is 3. The summed E-state index contributed by atoms with van der Waals surface area (Å²) in [5.74, 6) is -0.641. The van der Waals surface area contributed by atoms with Gasteiger partial charge in [0.15, 0.2) is 0 Å². The Morgan fingerprint density at radius 3 is 2.57 bits per heavy atom. The van der Waals surface area contributed by atoms with Crippen molar-refractivity contribution >= 4 is 16.9 Å². The number of benzene rings is 2. The van der Waals surface area contributed by atoms with Gasteiger partial charge in [-0.2, -0.15) is 0 Å². The summed E-state index contributed by atoms with van der Waals surface area (Å²) in [7, 11) is 0. The van der Waals surface area contributed by atoms with E-state index in [1.165, 1.54) is 0 Å². The molecule has 2 atom stereocenters. The predicted molar refractivity (Wildman–Crippen MR) is 91.2 cm³/mol. The van der Waals surface area contributed by atoms with E-state index in [4.69, 9.17) is 10.5 Å². The molecule has 0 fully saturated rings. The molecule has 0 aliphatic carbocycles. The fraction of sp³-hybridized carbons (Fsp3) is 0.211. The minimum atomic E-state index is -0.753. The van der Waals surface area contributed by atoms with E-state index in [1.807, 2.05) is 60.8 Å². The van der Waals surface area contributed by atoms with Crippen molar-refractivity contribution < 1.29 is 9.53 Å². The van der Waals surface area contributed by atoms with Crippen molar-refractivity contribution in [2.75, 3.05) is 6.61 Å². The third-order valence-corrected chi connectivity index (χ3v) is 4.03. The van der Waals surface area contributed by atoms with Crippen molar-refractivity contribution in [3.05, 3.63) is 71.9 Å². The van der Waals surface area contributed by atoms with Gasteiger partial charge in [0, 0.05) is 23.0 Å². The maximum absolute atomic E-state index is 12.2. The number of rotatable bonds is 5. The lowest BCUT2D eigenvalue weighted by Gasteiger charge is -2.23. The molecule has 4 nitrogen and oxygen atoms in total. The van der Waals surface area contributed by atoms with Crippen molar-refractivity contribution in [3.63, 3.8) is 0 Å². The lowest BCUT2D eigenvalue weighted by atomic mass is 9.85. The molecule has 0 saturated carbocycles. The third-order valence-electron chi connectivity index (χ3n) is 4.03. The van der Waals surface area contributed by atoms with Crippen LogP contribution in [0.1, 0.15) is 24.0 Å². The highest BCUT2D eigenvalue weighted by Gasteiger charge is 2.30. The first kappa shape index (κ1) is 15.3. The average Bonchev–Trinajstić information content (AvgIpc) is 3.00. The minimum absolute atomic E-state index is 0.258. The average molecular weight is 308 g/mol. The monoisotopic (exact) mass is 308 g/mol. The summed E-state index contributed by atoms with van der Waals surface area (Å²) in [6.45, 7) is 2.11. The summed E-state index contributed by atoms with van der Waals surface area (Å²) < 4.78 is 5.14. The molecule has 0 bridgehead atoms. The molecule has 2 aromatic carbocycles. The summed E-state index contributed by atoms with van der Waals surface area (Å²) >= 11 is 0. The van der Waals surface area contributed by atoms with Crippen molar-refractivity contribution in [2.45, 2.75) is 18.9 Å². The molecule has 0 spiro atoms. The van der Waals surface area contributed by atoms with Crippen LogP contribution in [0.5, 0.6) is 0 Å². The SMILES string of the molecule is CCOC(=O)C(N)[C@H](c1ccccc1)c1c[nH]c2ccccc12. The van der Waals surface area contributed by atoms with Gasteiger partial charge in [0.25, 0.3) is 0 Å². The second-order valence-corrected chi connectivity index (χ2v) is 5.46. The van der Waals surface area contributed by atoms with Gasteiger partial charge in [-0.15, -0.1) is 0 Å². The molecule has 1 unspecified atom stereocenters. The number of ether oxygens (including phenoxy) is 1. The molecule has 3 N–H and O–H groups in total. The van der Waals surface area contributed by atoms with E-state index >= 15 is 0 Å². The second-order valence-electron chi connectivity index (χ2n) is 5.46. The number of esters is 1. The molecule has 23 heavy (non-hydrogen) atoms. The lowest BCUT2D eigenvalue weighted by Crippen LogP contribution is -2.38. The number of aromatic nitrogens is 1. The summed E-state index contributed by atoms with van der Waals surface area (Å²) in [6, 6.07) is 17.1. The van der Waals surface area contributed by atoms with E-state index in [9.17, 15) is 4.79 Å². The molecule has 4 heteroatoms. The number of carbonyl (C=O) groups excluding carboxylic acids is 1. The number of hydrogen-bond donors (Lipinski definition) is 2. The van der Waals surface area contributed by atoms with Crippen LogP contribution in [0, 0.1) is 0 Å². The maximum atomic E-state index is 12.2. The largest absolute Gasteiger partial charge is 0.465 e. The molecule has 3 rings (SSSR count). The van der Waals surface area contributed by atoms with Gasteiger partial charge in [0.1, 0.15) is 6.04 Å². The summed E-state index contributed by atoms with van der Waals surface area (Å²) in [6.07, 6.45) is 1.93. The number of aromatic amines is 1. The van der Waals surface area contributed by atoms with Crippen LogP contribution in [-0.4, -0.2) is 23.6 Å². The van der Waals surface area contributed by atoms with E-state index < -0.39 is 6.04 Å². The Kier molecular flexibility index (Phi) is 4.44.